The molecule has 7 nitrogen and oxygen atoms in total. The molecule has 1 heterocycles. The van der Waals surface area contributed by atoms with Crippen molar-refractivity contribution in [2.24, 2.45) is 0 Å². The monoisotopic (exact) mass is 501 g/mol. The van der Waals surface area contributed by atoms with Crippen molar-refractivity contribution in [1.29, 1.82) is 0 Å². The van der Waals surface area contributed by atoms with E-state index in [1.807, 2.05) is 61.5 Å². The highest BCUT2D eigenvalue weighted by atomic mass is 16.5. The highest BCUT2D eigenvalue weighted by molar-refractivity contribution is 6.06. The average molecular weight is 502 g/mol. The van der Waals surface area contributed by atoms with Crippen molar-refractivity contribution in [3.8, 4) is 5.75 Å². The van der Waals surface area contributed by atoms with Crippen LogP contribution in [0.1, 0.15) is 38.3 Å². The number of aliphatic hydroxyl groups is 1. The van der Waals surface area contributed by atoms with Crippen LogP contribution in [0, 0.1) is 6.92 Å². The largest absolute Gasteiger partial charge is 0.489 e. The molecule has 2 N–H and O–H groups in total. The molecular weight excluding hydrogens is 466 g/mol. The van der Waals surface area contributed by atoms with Gasteiger partial charge in [-0.1, -0.05) is 42.0 Å². The Balaban J connectivity index is 1.53. The lowest BCUT2D eigenvalue weighted by atomic mass is 10.00. The lowest BCUT2D eigenvalue weighted by Gasteiger charge is -2.23. The third kappa shape index (κ3) is 6.96. The Kier molecular flexibility index (Phi) is 8.93. The van der Waals surface area contributed by atoms with Crippen LogP contribution >= 0.6 is 0 Å². The van der Waals surface area contributed by atoms with Crippen molar-refractivity contribution in [2.45, 2.75) is 19.8 Å². The molecular formula is C30H35N3O4. The van der Waals surface area contributed by atoms with Crippen molar-refractivity contribution in [2.75, 3.05) is 56.7 Å². The van der Waals surface area contributed by atoms with Crippen LogP contribution in [0.5, 0.6) is 5.75 Å². The van der Waals surface area contributed by atoms with Gasteiger partial charge in [-0.2, -0.15) is 0 Å². The van der Waals surface area contributed by atoms with E-state index < -0.39 is 0 Å². The predicted molar refractivity (Wildman–Crippen MR) is 147 cm³/mol. The van der Waals surface area contributed by atoms with Gasteiger partial charge in [-0.25, -0.2) is 0 Å². The molecule has 194 valence electrons. The summed E-state index contributed by atoms with van der Waals surface area (Å²) in [6.45, 7) is 5.94. The molecule has 0 bridgehead atoms. The molecule has 0 spiro atoms. The van der Waals surface area contributed by atoms with E-state index in [1.54, 1.807) is 12.1 Å². The smallest absolute Gasteiger partial charge is 0.255 e. The number of anilines is 2. The number of rotatable bonds is 9. The van der Waals surface area contributed by atoms with Crippen LogP contribution in [-0.4, -0.2) is 68.1 Å². The van der Waals surface area contributed by atoms with Gasteiger partial charge in [0.2, 0.25) is 0 Å². The standard InChI is InChI=1S/C30H35N3O4/c1-22-7-9-23(10-8-22)27(35)21-25-5-3-6-28(37-20-19-34)29(25)31-30(36)24-11-13-26(14-12-24)33-16-4-15-32(2)17-18-33/h3,5-14,34H,4,15-21H2,1-2H3,(H,31,36). The van der Waals surface area contributed by atoms with Gasteiger partial charge >= 0.3 is 0 Å². The number of benzene rings is 3. The van der Waals surface area contributed by atoms with Crippen LogP contribution in [0.3, 0.4) is 0 Å². The Morgan fingerprint density at radius 3 is 2.38 bits per heavy atom. The summed E-state index contributed by atoms with van der Waals surface area (Å²) in [7, 11) is 2.14. The molecule has 0 atom stereocenters. The van der Waals surface area contributed by atoms with Crippen LogP contribution in [0.25, 0.3) is 0 Å². The van der Waals surface area contributed by atoms with Gasteiger partial charge in [-0.05, 0) is 62.8 Å². The van der Waals surface area contributed by atoms with E-state index in [0.717, 1.165) is 43.9 Å². The van der Waals surface area contributed by atoms with Crippen molar-refractivity contribution in [3.63, 3.8) is 0 Å². The van der Waals surface area contributed by atoms with Gasteiger partial charge in [0.15, 0.2) is 5.78 Å². The number of likely N-dealkylation sites (N-methyl/N-ethyl adjacent to an activating group) is 1. The maximum atomic E-state index is 13.2. The van der Waals surface area contributed by atoms with Crippen molar-refractivity contribution < 1.29 is 19.4 Å². The van der Waals surface area contributed by atoms with Gasteiger partial charge in [0.05, 0.1) is 12.3 Å². The predicted octanol–water partition coefficient (Wildman–Crippen LogP) is 4.19. The van der Waals surface area contributed by atoms with E-state index in [1.165, 1.54) is 0 Å². The normalized spacial score (nSPS) is 14.2. The number of nitrogens with one attached hydrogen (secondary N) is 1. The zero-order valence-electron chi connectivity index (χ0n) is 21.6. The molecule has 0 aliphatic carbocycles. The quantitative estimate of drug-likeness (QED) is 0.428. The summed E-state index contributed by atoms with van der Waals surface area (Å²) in [5.74, 6) is 0.0791. The fourth-order valence-corrected chi connectivity index (χ4v) is 4.47. The summed E-state index contributed by atoms with van der Waals surface area (Å²) in [4.78, 5) is 30.9. The first-order chi connectivity index (χ1) is 17.9. The third-order valence-electron chi connectivity index (χ3n) is 6.64. The Hall–Kier alpha value is -3.68. The number of para-hydroxylation sites is 1. The van der Waals surface area contributed by atoms with E-state index in [4.69, 9.17) is 4.74 Å². The van der Waals surface area contributed by atoms with Crippen molar-refractivity contribution in [1.82, 2.24) is 4.90 Å². The summed E-state index contributed by atoms with van der Waals surface area (Å²) in [6.07, 6.45) is 1.21. The third-order valence-corrected chi connectivity index (χ3v) is 6.64. The SMILES string of the molecule is Cc1ccc(C(=O)Cc2cccc(OCCO)c2NC(=O)c2ccc(N3CCCN(C)CC3)cc2)cc1. The van der Waals surface area contributed by atoms with Gasteiger partial charge in [0.25, 0.3) is 5.91 Å². The molecule has 1 aliphatic heterocycles. The van der Waals surface area contributed by atoms with E-state index >= 15 is 0 Å². The van der Waals surface area contributed by atoms with E-state index in [2.05, 4.69) is 22.2 Å². The number of carbonyl (C=O) groups is 2. The molecule has 1 amide bonds. The first-order valence-electron chi connectivity index (χ1n) is 12.7. The highest BCUT2D eigenvalue weighted by Gasteiger charge is 2.18. The maximum absolute atomic E-state index is 13.2. The zero-order chi connectivity index (χ0) is 26.2. The molecule has 1 aliphatic rings. The summed E-state index contributed by atoms with van der Waals surface area (Å²) in [6, 6.07) is 20.4. The van der Waals surface area contributed by atoms with Crippen molar-refractivity contribution >= 4 is 23.1 Å². The lowest BCUT2D eigenvalue weighted by molar-refractivity contribution is 0.0988. The molecule has 0 saturated carbocycles. The van der Waals surface area contributed by atoms with Crippen LogP contribution < -0.4 is 15.0 Å². The molecule has 0 unspecified atom stereocenters. The van der Waals surface area contributed by atoms with Gasteiger partial charge in [0, 0.05) is 42.9 Å². The number of carbonyl (C=O) groups excluding carboxylic acids is 2. The van der Waals surface area contributed by atoms with Crippen LogP contribution in [0.2, 0.25) is 0 Å². The Labute approximate surface area is 218 Å². The number of hydrogen-bond donors (Lipinski definition) is 2. The Morgan fingerprint density at radius 1 is 0.919 bits per heavy atom. The van der Waals surface area contributed by atoms with Crippen LogP contribution in [0.15, 0.2) is 66.7 Å². The van der Waals surface area contributed by atoms with Crippen LogP contribution in [-0.2, 0) is 6.42 Å². The molecule has 3 aromatic carbocycles. The Morgan fingerprint density at radius 2 is 1.65 bits per heavy atom. The number of amides is 1. The number of Topliss-reactive ketones (excluding diaryl/α,β-unsaturated/α-hetero) is 1. The summed E-state index contributed by atoms with van der Waals surface area (Å²) < 4.78 is 5.70. The number of hydrogen-bond acceptors (Lipinski definition) is 6. The van der Waals surface area contributed by atoms with E-state index in [0.29, 0.717) is 28.1 Å². The first-order valence-corrected chi connectivity index (χ1v) is 12.7. The van der Waals surface area contributed by atoms with Gasteiger partial charge < -0.3 is 25.0 Å². The van der Waals surface area contributed by atoms with Gasteiger partial charge in [-0.3, -0.25) is 9.59 Å². The average Bonchev–Trinajstić information content (AvgIpc) is 3.13. The maximum Gasteiger partial charge on any atom is 0.255 e. The molecule has 1 fully saturated rings. The molecule has 1 saturated heterocycles. The van der Waals surface area contributed by atoms with Gasteiger partial charge in [-0.15, -0.1) is 0 Å². The minimum absolute atomic E-state index is 0.0535. The number of nitrogens with zero attached hydrogens (tertiary/aromatic N) is 2. The van der Waals surface area contributed by atoms with Crippen LogP contribution in [0.4, 0.5) is 11.4 Å². The number of ether oxygens (including phenoxy) is 1. The fourth-order valence-electron chi connectivity index (χ4n) is 4.47. The zero-order valence-corrected chi connectivity index (χ0v) is 21.6. The summed E-state index contributed by atoms with van der Waals surface area (Å²) >= 11 is 0. The van der Waals surface area contributed by atoms with E-state index in [-0.39, 0.29) is 31.3 Å². The topological polar surface area (TPSA) is 82.1 Å². The molecule has 3 aromatic rings. The molecule has 0 aromatic heterocycles. The highest BCUT2D eigenvalue weighted by Crippen LogP contribution is 2.31. The van der Waals surface area contributed by atoms with Crippen molar-refractivity contribution in [3.05, 3.63) is 89.0 Å². The minimum atomic E-state index is -0.286. The molecule has 0 radical (unpaired) electrons. The Bertz CT molecular complexity index is 1210. The second-order valence-electron chi connectivity index (χ2n) is 9.47. The summed E-state index contributed by atoms with van der Waals surface area (Å²) in [5, 5.41) is 12.2. The van der Waals surface area contributed by atoms with E-state index in [9.17, 15) is 14.7 Å². The first kappa shape index (κ1) is 26.4. The van der Waals surface area contributed by atoms with Gasteiger partial charge in [0.1, 0.15) is 12.4 Å². The molecule has 7 heteroatoms. The molecule has 4 rings (SSSR count). The molecule has 37 heavy (non-hydrogen) atoms. The fraction of sp³-hybridized carbons (Fsp3) is 0.333. The minimum Gasteiger partial charge on any atom is -0.489 e. The number of aliphatic hydroxyl groups excluding tert-OH is 1. The second kappa shape index (κ2) is 12.5. The summed E-state index contributed by atoms with van der Waals surface area (Å²) in [5.41, 5.74) is 4.41. The lowest BCUT2D eigenvalue weighted by Crippen LogP contribution is -2.28. The second-order valence-corrected chi connectivity index (χ2v) is 9.47. The number of ketones is 1. The number of aryl methyl sites for hydroxylation is 1.